The fourth-order valence-electron chi connectivity index (χ4n) is 0.791. The predicted octanol–water partition coefficient (Wildman–Crippen LogP) is 0.459. The van der Waals surface area contributed by atoms with Gasteiger partial charge in [0.1, 0.15) is 0 Å². The molecule has 0 saturated carbocycles. The van der Waals surface area contributed by atoms with Crippen molar-refractivity contribution in [3.05, 3.63) is 0 Å². The van der Waals surface area contributed by atoms with E-state index in [1.54, 1.807) is 0 Å². The van der Waals surface area contributed by atoms with Crippen LogP contribution >= 0.6 is 12.4 Å². The van der Waals surface area contributed by atoms with E-state index in [0.717, 1.165) is 0 Å². The fourth-order valence-corrected chi connectivity index (χ4v) is 0.791. The van der Waals surface area contributed by atoms with E-state index in [1.807, 2.05) is 13.8 Å². The molecule has 0 aliphatic carbocycles. The van der Waals surface area contributed by atoms with Crippen LogP contribution in [0, 0.1) is 5.92 Å². The van der Waals surface area contributed by atoms with Gasteiger partial charge in [-0.2, -0.15) is 0 Å². The summed E-state index contributed by atoms with van der Waals surface area (Å²) in [7, 11) is 1.39. The Kier molecular flexibility index (Phi) is 8.69. The molecule has 1 atom stereocenters. The SMILES string of the molecule is CONC(=O)[C@@H](N)CC(C)C.Cl. The van der Waals surface area contributed by atoms with Crippen molar-refractivity contribution in [3.63, 3.8) is 0 Å². The summed E-state index contributed by atoms with van der Waals surface area (Å²) in [6.07, 6.45) is 0.676. The first-order chi connectivity index (χ1) is 5.07. The molecule has 0 saturated heterocycles. The van der Waals surface area contributed by atoms with Crippen LogP contribution in [0.15, 0.2) is 0 Å². The van der Waals surface area contributed by atoms with Crippen molar-refractivity contribution in [2.45, 2.75) is 26.3 Å². The molecule has 12 heavy (non-hydrogen) atoms. The van der Waals surface area contributed by atoms with Crippen molar-refractivity contribution in [2.24, 2.45) is 11.7 Å². The molecule has 0 aromatic carbocycles. The van der Waals surface area contributed by atoms with E-state index in [1.165, 1.54) is 7.11 Å². The molecule has 4 nitrogen and oxygen atoms in total. The van der Waals surface area contributed by atoms with Crippen LogP contribution in [0.1, 0.15) is 20.3 Å². The molecule has 0 aromatic heterocycles. The molecule has 0 aromatic rings. The maximum absolute atomic E-state index is 10.9. The van der Waals surface area contributed by atoms with Crippen LogP contribution in [0.5, 0.6) is 0 Å². The molecule has 0 rings (SSSR count). The Morgan fingerprint density at radius 1 is 1.58 bits per heavy atom. The lowest BCUT2D eigenvalue weighted by Crippen LogP contribution is -2.40. The zero-order chi connectivity index (χ0) is 8.85. The smallest absolute Gasteiger partial charge is 0.260 e. The summed E-state index contributed by atoms with van der Waals surface area (Å²) < 4.78 is 0. The van der Waals surface area contributed by atoms with E-state index < -0.39 is 6.04 Å². The standard InChI is InChI=1S/C7H16N2O2.ClH/c1-5(2)4-6(8)7(10)9-11-3;/h5-6H,4,8H2,1-3H3,(H,9,10);1H/t6-;/m0./s1. The summed E-state index contributed by atoms with van der Waals surface area (Å²) in [4.78, 5) is 15.3. The van der Waals surface area contributed by atoms with Gasteiger partial charge < -0.3 is 5.73 Å². The molecule has 5 heteroatoms. The molecular formula is C7H17ClN2O2. The molecule has 0 aliphatic rings. The van der Waals surface area contributed by atoms with Crippen LogP contribution in [0.2, 0.25) is 0 Å². The number of halogens is 1. The van der Waals surface area contributed by atoms with E-state index in [0.29, 0.717) is 12.3 Å². The van der Waals surface area contributed by atoms with Gasteiger partial charge >= 0.3 is 0 Å². The molecule has 0 bridgehead atoms. The average molecular weight is 197 g/mol. The lowest BCUT2D eigenvalue weighted by Gasteiger charge is -2.12. The third-order valence-electron chi connectivity index (χ3n) is 1.26. The Balaban J connectivity index is 0. The Bertz CT molecular complexity index is 131. The minimum absolute atomic E-state index is 0. The number of hydrogen-bond acceptors (Lipinski definition) is 3. The van der Waals surface area contributed by atoms with Crippen LogP contribution in [0.4, 0.5) is 0 Å². The predicted molar refractivity (Wildman–Crippen MR) is 49.8 cm³/mol. The van der Waals surface area contributed by atoms with Gasteiger partial charge in [-0.25, -0.2) is 5.48 Å². The third-order valence-corrected chi connectivity index (χ3v) is 1.26. The molecule has 74 valence electrons. The quantitative estimate of drug-likeness (QED) is 0.643. The summed E-state index contributed by atoms with van der Waals surface area (Å²) >= 11 is 0. The number of nitrogens with one attached hydrogen (secondary N) is 1. The minimum atomic E-state index is -0.463. The molecule has 0 spiro atoms. The summed E-state index contributed by atoms with van der Waals surface area (Å²) in [5.41, 5.74) is 7.70. The monoisotopic (exact) mass is 196 g/mol. The lowest BCUT2D eigenvalue weighted by atomic mass is 10.0. The number of carbonyl (C=O) groups is 1. The van der Waals surface area contributed by atoms with Crippen LogP contribution in [-0.2, 0) is 9.63 Å². The summed E-state index contributed by atoms with van der Waals surface area (Å²) in [6.45, 7) is 4.03. The van der Waals surface area contributed by atoms with Crippen LogP contribution in [0.25, 0.3) is 0 Å². The first-order valence-electron chi connectivity index (χ1n) is 3.66. The largest absolute Gasteiger partial charge is 0.320 e. The van der Waals surface area contributed by atoms with Gasteiger partial charge in [0.15, 0.2) is 0 Å². The van der Waals surface area contributed by atoms with Gasteiger partial charge in [-0.05, 0) is 12.3 Å². The first kappa shape index (κ1) is 14.2. The second-order valence-electron chi connectivity index (χ2n) is 2.91. The second-order valence-corrected chi connectivity index (χ2v) is 2.91. The Morgan fingerprint density at radius 3 is 2.42 bits per heavy atom. The van der Waals surface area contributed by atoms with Crippen molar-refractivity contribution >= 4 is 18.3 Å². The number of rotatable bonds is 4. The normalized spacial score (nSPS) is 12.1. The highest BCUT2D eigenvalue weighted by Crippen LogP contribution is 2.01. The highest BCUT2D eigenvalue weighted by molar-refractivity contribution is 5.85. The van der Waals surface area contributed by atoms with Crippen molar-refractivity contribution in [1.82, 2.24) is 5.48 Å². The van der Waals surface area contributed by atoms with Crippen molar-refractivity contribution in [3.8, 4) is 0 Å². The van der Waals surface area contributed by atoms with Crippen molar-refractivity contribution < 1.29 is 9.63 Å². The number of hydroxylamine groups is 1. The zero-order valence-corrected chi connectivity index (χ0v) is 8.48. The van der Waals surface area contributed by atoms with Crippen LogP contribution < -0.4 is 11.2 Å². The Hall–Kier alpha value is -0.320. The van der Waals surface area contributed by atoms with E-state index in [9.17, 15) is 4.79 Å². The molecule has 0 fully saturated rings. The molecule has 0 heterocycles. The van der Waals surface area contributed by atoms with Gasteiger partial charge in [0.05, 0.1) is 13.2 Å². The highest BCUT2D eigenvalue weighted by atomic mass is 35.5. The molecule has 0 unspecified atom stereocenters. The second kappa shape index (κ2) is 7.34. The van der Waals surface area contributed by atoms with E-state index in [-0.39, 0.29) is 18.3 Å². The van der Waals surface area contributed by atoms with E-state index >= 15 is 0 Å². The summed E-state index contributed by atoms with van der Waals surface area (Å²) in [6, 6.07) is -0.463. The van der Waals surface area contributed by atoms with Crippen LogP contribution in [0.3, 0.4) is 0 Å². The molecule has 0 radical (unpaired) electrons. The maximum Gasteiger partial charge on any atom is 0.260 e. The molecule has 0 aliphatic heterocycles. The minimum Gasteiger partial charge on any atom is -0.320 e. The van der Waals surface area contributed by atoms with Gasteiger partial charge in [0, 0.05) is 0 Å². The van der Waals surface area contributed by atoms with Gasteiger partial charge in [0.2, 0.25) is 0 Å². The van der Waals surface area contributed by atoms with Gasteiger partial charge in [-0.15, -0.1) is 12.4 Å². The first-order valence-corrected chi connectivity index (χ1v) is 3.66. The Labute approximate surface area is 79.2 Å². The van der Waals surface area contributed by atoms with Crippen LogP contribution in [-0.4, -0.2) is 19.1 Å². The average Bonchev–Trinajstić information content (AvgIpc) is 1.86. The molecule has 1 amide bonds. The topological polar surface area (TPSA) is 64.3 Å². The van der Waals surface area contributed by atoms with Crippen molar-refractivity contribution in [1.29, 1.82) is 0 Å². The highest BCUT2D eigenvalue weighted by Gasteiger charge is 2.13. The third kappa shape index (κ3) is 6.39. The number of amides is 1. The lowest BCUT2D eigenvalue weighted by molar-refractivity contribution is -0.133. The van der Waals surface area contributed by atoms with Gasteiger partial charge in [0.25, 0.3) is 5.91 Å². The summed E-state index contributed by atoms with van der Waals surface area (Å²) in [5.74, 6) is 0.161. The Morgan fingerprint density at radius 2 is 2.08 bits per heavy atom. The van der Waals surface area contributed by atoms with Crippen molar-refractivity contribution in [2.75, 3.05) is 7.11 Å². The van der Waals surface area contributed by atoms with Gasteiger partial charge in [-0.3, -0.25) is 9.63 Å². The number of hydrogen-bond donors (Lipinski definition) is 2. The zero-order valence-electron chi connectivity index (χ0n) is 7.66. The molecule has 3 N–H and O–H groups in total. The molecular weight excluding hydrogens is 180 g/mol. The van der Waals surface area contributed by atoms with E-state index in [4.69, 9.17) is 5.73 Å². The number of carbonyl (C=O) groups excluding carboxylic acids is 1. The summed E-state index contributed by atoms with van der Waals surface area (Å²) in [5, 5.41) is 0. The maximum atomic E-state index is 10.9. The van der Waals surface area contributed by atoms with E-state index in [2.05, 4.69) is 10.3 Å². The number of nitrogens with two attached hydrogens (primary N) is 1. The fraction of sp³-hybridized carbons (Fsp3) is 0.857. The van der Waals surface area contributed by atoms with Gasteiger partial charge in [-0.1, -0.05) is 13.8 Å².